The molecule has 28 heavy (non-hydrogen) atoms. The lowest BCUT2D eigenvalue weighted by atomic mass is 9.85. The Hall–Kier alpha value is -2.35. The highest BCUT2D eigenvalue weighted by molar-refractivity contribution is 5.74. The van der Waals surface area contributed by atoms with Crippen LogP contribution < -0.4 is 0 Å². The molecule has 1 aromatic heterocycles. The number of carboxylic acid groups (broad SMARTS) is 1. The van der Waals surface area contributed by atoms with Gasteiger partial charge in [0.2, 0.25) is 0 Å². The van der Waals surface area contributed by atoms with Crippen LogP contribution in [0, 0.1) is 5.92 Å². The van der Waals surface area contributed by atoms with Crippen LogP contribution in [0.3, 0.4) is 0 Å². The van der Waals surface area contributed by atoms with E-state index in [0.29, 0.717) is 24.6 Å². The molecule has 2 aromatic rings. The van der Waals surface area contributed by atoms with Gasteiger partial charge in [0.1, 0.15) is 6.04 Å². The largest absolute Gasteiger partial charge is 0.480 e. The summed E-state index contributed by atoms with van der Waals surface area (Å²) in [6.45, 7) is 0.485. The number of aliphatic carboxylic acids is 1. The molecule has 1 aliphatic carbocycles. The minimum Gasteiger partial charge on any atom is -0.480 e. The molecule has 1 saturated carbocycles. The van der Waals surface area contributed by atoms with Crippen LogP contribution in [0.25, 0.3) is 5.69 Å². The number of alkyl halides is 3. The molecule has 2 heterocycles. The van der Waals surface area contributed by atoms with Gasteiger partial charge >= 0.3 is 12.1 Å². The van der Waals surface area contributed by atoms with Crippen molar-refractivity contribution in [3.8, 4) is 5.69 Å². The monoisotopic (exact) mass is 393 g/mol. The number of carbonyl (C=O) groups is 1. The number of halogens is 3. The number of nitrogens with zero attached hydrogens (tertiary/aromatic N) is 3. The fraction of sp³-hybridized carbons (Fsp3) is 0.500. The maximum absolute atomic E-state index is 12.7. The molecular weight excluding hydrogens is 371 g/mol. The second-order valence-corrected chi connectivity index (χ2v) is 7.71. The number of aromatic nitrogens is 2. The maximum Gasteiger partial charge on any atom is 0.416 e. The Labute approximate surface area is 160 Å². The summed E-state index contributed by atoms with van der Waals surface area (Å²) in [4.78, 5) is 13.8. The van der Waals surface area contributed by atoms with Gasteiger partial charge in [-0.25, -0.2) is 4.68 Å². The third-order valence-corrected chi connectivity index (χ3v) is 5.97. The third-order valence-electron chi connectivity index (χ3n) is 5.97. The first kappa shape index (κ1) is 19.0. The van der Waals surface area contributed by atoms with Gasteiger partial charge in [0, 0.05) is 24.3 Å². The normalized spacial score (nSPS) is 25.6. The molecular formula is C20H22F3N3O2. The van der Waals surface area contributed by atoms with E-state index in [1.165, 1.54) is 16.8 Å². The zero-order chi connectivity index (χ0) is 19.9. The molecule has 1 saturated heterocycles. The minimum absolute atomic E-state index is 0.282. The topological polar surface area (TPSA) is 58.4 Å². The van der Waals surface area contributed by atoms with Crippen molar-refractivity contribution < 1.29 is 23.1 Å². The molecule has 4 rings (SSSR count). The molecule has 5 nitrogen and oxygen atoms in total. The fourth-order valence-corrected chi connectivity index (χ4v) is 4.62. The van der Waals surface area contributed by atoms with Crippen LogP contribution in [0.4, 0.5) is 13.2 Å². The third kappa shape index (κ3) is 3.65. The first-order valence-electron chi connectivity index (χ1n) is 9.52. The molecule has 1 aromatic carbocycles. The Kier molecular flexibility index (Phi) is 4.91. The van der Waals surface area contributed by atoms with E-state index in [0.717, 1.165) is 43.4 Å². The molecule has 0 bridgehead atoms. The van der Waals surface area contributed by atoms with Crippen LogP contribution in [0.15, 0.2) is 36.7 Å². The van der Waals surface area contributed by atoms with Crippen molar-refractivity contribution in [2.24, 2.45) is 5.92 Å². The number of hydrogen-bond acceptors (Lipinski definition) is 3. The highest BCUT2D eigenvalue weighted by Crippen LogP contribution is 2.40. The van der Waals surface area contributed by atoms with Gasteiger partial charge in [-0.3, -0.25) is 9.69 Å². The quantitative estimate of drug-likeness (QED) is 0.849. The fourth-order valence-electron chi connectivity index (χ4n) is 4.62. The van der Waals surface area contributed by atoms with E-state index < -0.39 is 23.8 Å². The molecule has 0 radical (unpaired) electrons. The zero-order valence-corrected chi connectivity index (χ0v) is 15.3. The van der Waals surface area contributed by atoms with Crippen molar-refractivity contribution in [1.29, 1.82) is 0 Å². The van der Waals surface area contributed by atoms with E-state index in [4.69, 9.17) is 0 Å². The highest BCUT2D eigenvalue weighted by Gasteiger charge is 2.45. The summed E-state index contributed by atoms with van der Waals surface area (Å²) in [7, 11) is 0. The Morgan fingerprint density at radius 3 is 2.57 bits per heavy atom. The van der Waals surface area contributed by atoms with Gasteiger partial charge in [0.25, 0.3) is 0 Å². The molecule has 2 aliphatic rings. The molecule has 150 valence electrons. The van der Waals surface area contributed by atoms with Gasteiger partial charge in [0.05, 0.1) is 17.4 Å². The number of likely N-dealkylation sites (tertiary alicyclic amines) is 1. The van der Waals surface area contributed by atoms with Crippen molar-refractivity contribution in [2.75, 3.05) is 0 Å². The molecule has 2 fully saturated rings. The summed E-state index contributed by atoms with van der Waals surface area (Å²) in [5, 5.41) is 13.9. The van der Waals surface area contributed by atoms with Crippen molar-refractivity contribution in [2.45, 2.75) is 56.9 Å². The first-order chi connectivity index (χ1) is 13.3. The van der Waals surface area contributed by atoms with Crippen LogP contribution in [0.5, 0.6) is 0 Å². The number of benzene rings is 1. The summed E-state index contributed by atoms with van der Waals surface area (Å²) < 4.78 is 39.7. The molecule has 1 aliphatic heterocycles. The molecule has 3 atom stereocenters. The average molecular weight is 393 g/mol. The smallest absolute Gasteiger partial charge is 0.416 e. The van der Waals surface area contributed by atoms with Crippen LogP contribution in [-0.2, 0) is 17.5 Å². The first-order valence-corrected chi connectivity index (χ1v) is 9.52. The summed E-state index contributed by atoms with van der Waals surface area (Å²) in [6, 6.07) is 4.63. The summed E-state index contributed by atoms with van der Waals surface area (Å²) in [5.41, 5.74) is 0.691. The number of carboxylic acids is 1. The van der Waals surface area contributed by atoms with Crippen LogP contribution in [0.2, 0.25) is 0 Å². The number of hydrogen-bond donors (Lipinski definition) is 1. The summed E-state index contributed by atoms with van der Waals surface area (Å²) in [6.07, 6.45) is 4.11. The zero-order valence-electron chi connectivity index (χ0n) is 15.3. The predicted molar refractivity (Wildman–Crippen MR) is 95.9 cm³/mol. The molecule has 3 unspecified atom stereocenters. The summed E-state index contributed by atoms with van der Waals surface area (Å²) >= 11 is 0. The molecule has 0 amide bonds. The maximum atomic E-state index is 12.7. The van der Waals surface area contributed by atoms with E-state index in [1.54, 1.807) is 12.4 Å². The second kappa shape index (κ2) is 7.24. The van der Waals surface area contributed by atoms with Crippen molar-refractivity contribution in [3.63, 3.8) is 0 Å². The van der Waals surface area contributed by atoms with Gasteiger partial charge in [-0.2, -0.15) is 18.3 Å². The standard InChI is InChI=1S/C20H22F3N3O2/c21-20(22,23)15-5-7-16(8-6-15)26-12-13(10-24-26)11-25-17-4-2-1-3-14(17)9-18(25)19(27)28/h5-8,10,12,14,17-18H,1-4,9,11H2,(H,27,28). The van der Waals surface area contributed by atoms with Crippen LogP contribution in [0.1, 0.15) is 43.2 Å². The SMILES string of the molecule is O=C(O)C1CC2CCCCC2N1Cc1cnn(-c2ccc(C(F)(F)F)cc2)c1. The van der Waals surface area contributed by atoms with Gasteiger partial charge < -0.3 is 5.11 Å². The van der Waals surface area contributed by atoms with Gasteiger partial charge in [-0.1, -0.05) is 12.8 Å². The predicted octanol–water partition coefficient (Wildman–Crippen LogP) is 4.11. The van der Waals surface area contributed by atoms with Gasteiger partial charge in [0.15, 0.2) is 0 Å². The van der Waals surface area contributed by atoms with Crippen molar-refractivity contribution in [3.05, 3.63) is 47.8 Å². The lowest BCUT2D eigenvalue weighted by Crippen LogP contribution is -2.41. The molecule has 8 heteroatoms. The Balaban J connectivity index is 1.52. The van der Waals surface area contributed by atoms with E-state index in [1.807, 2.05) is 0 Å². The van der Waals surface area contributed by atoms with Crippen LogP contribution >= 0.6 is 0 Å². The van der Waals surface area contributed by atoms with E-state index in [9.17, 15) is 23.1 Å². The number of fused-ring (bicyclic) bond motifs is 1. The highest BCUT2D eigenvalue weighted by atomic mass is 19.4. The minimum atomic E-state index is -4.37. The second-order valence-electron chi connectivity index (χ2n) is 7.71. The van der Waals surface area contributed by atoms with E-state index >= 15 is 0 Å². The van der Waals surface area contributed by atoms with E-state index in [2.05, 4.69) is 10.00 Å². The Morgan fingerprint density at radius 2 is 1.89 bits per heavy atom. The Bertz CT molecular complexity index is 847. The van der Waals surface area contributed by atoms with Crippen molar-refractivity contribution in [1.82, 2.24) is 14.7 Å². The molecule has 1 N–H and O–H groups in total. The summed E-state index contributed by atoms with van der Waals surface area (Å²) in [5.74, 6) is -0.357. The average Bonchev–Trinajstić information content (AvgIpc) is 3.27. The lowest BCUT2D eigenvalue weighted by Gasteiger charge is -2.32. The Morgan fingerprint density at radius 1 is 1.18 bits per heavy atom. The number of rotatable bonds is 4. The molecule has 0 spiro atoms. The van der Waals surface area contributed by atoms with Crippen molar-refractivity contribution >= 4 is 5.97 Å². The lowest BCUT2D eigenvalue weighted by molar-refractivity contribution is -0.143. The van der Waals surface area contributed by atoms with E-state index in [-0.39, 0.29) is 6.04 Å². The van der Waals surface area contributed by atoms with Gasteiger partial charge in [-0.15, -0.1) is 0 Å². The van der Waals surface area contributed by atoms with Gasteiger partial charge in [-0.05, 0) is 49.4 Å². The van der Waals surface area contributed by atoms with Crippen LogP contribution in [-0.4, -0.2) is 37.8 Å².